The zero-order valence-corrected chi connectivity index (χ0v) is 23.3. The fourth-order valence-electron chi connectivity index (χ4n) is 4.24. The van der Waals surface area contributed by atoms with Crippen LogP contribution in [-0.2, 0) is 19.1 Å². The van der Waals surface area contributed by atoms with Crippen molar-refractivity contribution in [1.82, 2.24) is 4.57 Å². The number of fused-ring (bicyclic) bond motifs is 1. The van der Waals surface area contributed by atoms with Crippen LogP contribution in [0, 0.1) is 6.92 Å². The van der Waals surface area contributed by atoms with Crippen LogP contribution in [0.5, 0.6) is 11.5 Å². The number of methoxy groups -OCH3 is 1. The zero-order chi connectivity index (χ0) is 28.1. The lowest BCUT2D eigenvalue weighted by atomic mass is 9.95. The molecule has 2 aromatic carbocycles. The highest BCUT2D eigenvalue weighted by Crippen LogP contribution is 2.31. The lowest BCUT2D eigenvalue weighted by molar-refractivity contribution is -0.145. The third kappa shape index (κ3) is 5.96. The molecule has 1 aromatic heterocycles. The summed E-state index contributed by atoms with van der Waals surface area (Å²) in [6, 6.07) is 12.2. The summed E-state index contributed by atoms with van der Waals surface area (Å²) in [4.78, 5) is 43.6. The number of carbonyl (C=O) groups excluding carboxylic acids is 2. The average Bonchev–Trinajstić information content (AvgIpc) is 3.21. The number of rotatable bonds is 9. The fourth-order valence-corrected chi connectivity index (χ4v) is 5.29. The van der Waals surface area contributed by atoms with Crippen molar-refractivity contribution in [3.05, 3.63) is 90.1 Å². The molecule has 3 aromatic rings. The van der Waals surface area contributed by atoms with E-state index >= 15 is 0 Å². The molecule has 0 amide bonds. The quantitative estimate of drug-likeness (QED) is 0.377. The monoisotopic (exact) mass is 550 g/mol. The number of allylic oxidation sites excluding steroid dienone is 1. The van der Waals surface area contributed by atoms with E-state index < -0.39 is 18.0 Å². The van der Waals surface area contributed by atoms with Crippen LogP contribution in [0.4, 0.5) is 0 Å². The van der Waals surface area contributed by atoms with Crippen molar-refractivity contribution >= 4 is 29.4 Å². The Labute approximate surface area is 229 Å². The molecular formula is C29H30N2O7S. The lowest BCUT2D eigenvalue weighted by Gasteiger charge is -2.24. The molecule has 0 bridgehead atoms. The van der Waals surface area contributed by atoms with Crippen LogP contribution in [0.2, 0.25) is 0 Å². The van der Waals surface area contributed by atoms with Crippen molar-refractivity contribution in [2.75, 3.05) is 26.9 Å². The van der Waals surface area contributed by atoms with Crippen LogP contribution in [0.15, 0.2) is 63.5 Å². The molecule has 9 nitrogen and oxygen atoms in total. The summed E-state index contributed by atoms with van der Waals surface area (Å²) in [5.74, 6) is -0.226. The summed E-state index contributed by atoms with van der Waals surface area (Å²) in [6.07, 6.45) is 1.72. The zero-order valence-electron chi connectivity index (χ0n) is 22.5. The van der Waals surface area contributed by atoms with Crippen LogP contribution < -0.4 is 24.4 Å². The third-order valence-electron chi connectivity index (χ3n) is 6.05. The van der Waals surface area contributed by atoms with E-state index in [9.17, 15) is 14.4 Å². The normalized spacial score (nSPS) is 14.9. The average molecular weight is 551 g/mol. The van der Waals surface area contributed by atoms with Crippen molar-refractivity contribution in [1.29, 1.82) is 0 Å². The minimum absolute atomic E-state index is 0.207. The second-order valence-corrected chi connectivity index (χ2v) is 9.73. The van der Waals surface area contributed by atoms with E-state index in [1.807, 2.05) is 31.2 Å². The standard InChI is InChI=1S/C29H30N2O7S/c1-6-36-24(32)16-38-22-14-19(10-13-21(22)35-5)15-23-27(33)31-26(20-11-8-17(3)9-12-20)25(28(34)37-7-2)18(4)30-29(31)39-23/h8-15,26H,6-7,16H2,1-5H3/b23-15+/t26-/m1/s1. The summed E-state index contributed by atoms with van der Waals surface area (Å²) < 4.78 is 23.2. The fraction of sp³-hybridized carbons (Fsp3) is 0.310. The SMILES string of the molecule is CCOC(=O)COc1cc(/C=c2/sc3n(c2=O)[C@H](c2ccc(C)cc2)C(C(=O)OCC)=C(C)N=3)ccc1OC. The second-order valence-electron chi connectivity index (χ2n) is 8.72. The number of hydrogen-bond acceptors (Lipinski definition) is 9. The molecule has 0 aliphatic carbocycles. The number of esters is 2. The van der Waals surface area contributed by atoms with E-state index in [1.165, 1.54) is 18.4 Å². The summed E-state index contributed by atoms with van der Waals surface area (Å²) in [6.45, 7) is 7.37. The number of ether oxygens (including phenoxy) is 4. The largest absolute Gasteiger partial charge is 0.493 e. The molecule has 1 aliphatic rings. The Morgan fingerprint density at radius 1 is 1.03 bits per heavy atom. The molecule has 0 saturated carbocycles. The molecule has 0 unspecified atom stereocenters. The molecule has 0 spiro atoms. The number of benzene rings is 2. The molecule has 0 fully saturated rings. The Morgan fingerprint density at radius 3 is 2.41 bits per heavy atom. The van der Waals surface area contributed by atoms with E-state index in [0.717, 1.165) is 11.1 Å². The molecule has 2 heterocycles. The minimum Gasteiger partial charge on any atom is -0.493 e. The Morgan fingerprint density at radius 2 is 1.74 bits per heavy atom. The van der Waals surface area contributed by atoms with Crippen LogP contribution in [0.25, 0.3) is 6.08 Å². The molecule has 204 valence electrons. The first kappa shape index (κ1) is 27.8. The maximum Gasteiger partial charge on any atom is 0.344 e. The maximum atomic E-state index is 13.8. The van der Waals surface area contributed by atoms with E-state index in [-0.39, 0.29) is 25.4 Å². The molecule has 0 radical (unpaired) electrons. The molecule has 39 heavy (non-hydrogen) atoms. The smallest absolute Gasteiger partial charge is 0.344 e. The van der Waals surface area contributed by atoms with E-state index in [2.05, 4.69) is 4.99 Å². The van der Waals surface area contributed by atoms with Crippen molar-refractivity contribution in [3.63, 3.8) is 0 Å². The number of carbonyl (C=O) groups is 2. The number of aryl methyl sites for hydroxylation is 1. The van der Waals surface area contributed by atoms with Gasteiger partial charge in [-0.3, -0.25) is 9.36 Å². The first-order chi connectivity index (χ1) is 18.8. The van der Waals surface area contributed by atoms with Crippen LogP contribution in [0.1, 0.15) is 43.5 Å². The van der Waals surface area contributed by atoms with Gasteiger partial charge in [-0.15, -0.1) is 0 Å². The first-order valence-corrected chi connectivity index (χ1v) is 13.3. The van der Waals surface area contributed by atoms with Crippen LogP contribution >= 0.6 is 11.3 Å². The molecule has 1 atom stereocenters. The van der Waals surface area contributed by atoms with Crippen molar-refractivity contribution in [2.45, 2.75) is 33.7 Å². The maximum absolute atomic E-state index is 13.8. The van der Waals surface area contributed by atoms with Gasteiger partial charge in [0.05, 0.1) is 42.2 Å². The molecular weight excluding hydrogens is 520 g/mol. The summed E-state index contributed by atoms with van der Waals surface area (Å²) >= 11 is 1.23. The number of thiazole rings is 1. The van der Waals surface area contributed by atoms with Crippen molar-refractivity contribution < 1.29 is 28.5 Å². The minimum atomic E-state index is -0.678. The van der Waals surface area contributed by atoms with E-state index in [0.29, 0.717) is 37.7 Å². The van der Waals surface area contributed by atoms with Gasteiger partial charge in [-0.25, -0.2) is 14.6 Å². The Kier molecular flexibility index (Phi) is 8.65. The van der Waals surface area contributed by atoms with Crippen LogP contribution in [0.3, 0.4) is 0 Å². The third-order valence-corrected chi connectivity index (χ3v) is 7.03. The van der Waals surface area contributed by atoms with Crippen molar-refractivity contribution in [3.8, 4) is 11.5 Å². The predicted octanol–water partition coefficient (Wildman–Crippen LogP) is 3.06. The molecule has 4 rings (SSSR count). The number of aromatic nitrogens is 1. The van der Waals surface area contributed by atoms with Gasteiger partial charge < -0.3 is 18.9 Å². The first-order valence-electron chi connectivity index (χ1n) is 12.5. The Hall–Kier alpha value is -4.18. The number of hydrogen-bond donors (Lipinski definition) is 0. The van der Waals surface area contributed by atoms with Gasteiger partial charge in [0.2, 0.25) is 0 Å². The predicted molar refractivity (Wildman–Crippen MR) is 147 cm³/mol. The van der Waals surface area contributed by atoms with Gasteiger partial charge in [-0.1, -0.05) is 47.2 Å². The highest BCUT2D eigenvalue weighted by atomic mass is 32.1. The van der Waals surface area contributed by atoms with Gasteiger partial charge in [0, 0.05) is 0 Å². The molecule has 0 N–H and O–H groups in total. The van der Waals surface area contributed by atoms with Gasteiger partial charge in [0.25, 0.3) is 5.56 Å². The molecule has 10 heteroatoms. The highest BCUT2D eigenvalue weighted by molar-refractivity contribution is 7.07. The Balaban J connectivity index is 1.81. The second kappa shape index (κ2) is 12.1. The van der Waals surface area contributed by atoms with Gasteiger partial charge >= 0.3 is 11.9 Å². The summed E-state index contributed by atoms with van der Waals surface area (Å²) in [5.41, 5.74) is 3.05. The summed E-state index contributed by atoms with van der Waals surface area (Å²) in [7, 11) is 1.50. The van der Waals surface area contributed by atoms with Gasteiger partial charge in [-0.05, 0) is 57.0 Å². The number of nitrogens with zero attached hydrogens (tertiary/aromatic N) is 2. The van der Waals surface area contributed by atoms with E-state index in [1.54, 1.807) is 49.6 Å². The van der Waals surface area contributed by atoms with E-state index in [4.69, 9.17) is 18.9 Å². The van der Waals surface area contributed by atoms with Crippen LogP contribution in [-0.4, -0.2) is 43.4 Å². The van der Waals surface area contributed by atoms with Gasteiger partial charge in [0.15, 0.2) is 22.9 Å². The summed E-state index contributed by atoms with van der Waals surface area (Å²) in [5, 5.41) is 0. The topological polar surface area (TPSA) is 105 Å². The molecule has 0 saturated heterocycles. The lowest BCUT2D eigenvalue weighted by Crippen LogP contribution is -2.39. The van der Waals surface area contributed by atoms with Crippen molar-refractivity contribution in [2.24, 2.45) is 4.99 Å². The van der Waals surface area contributed by atoms with Gasteiger partial charge in [0.1, 0.15) is 0 Å². The van der Waals surface area contributed by atoms with Gasteiger partial charge in [-0.2, -0.15) is 0 Å². The molecule has 1 aliphatic heterocycles. The Bertz CT molecular complexity index is 1600. The highest BCUT2D eigenvalue weighted by Gasteiger charge is 2.33.